The number of methoxy groups -OCH3 is 1. The normalized spacial score (nSPS) is 15.7. The smallest absolute Gasteiger partial charge is 0.331 e. The van der Waals surface area contributed by atoms with Crippen LogP contribution >= 0.6 is 0 Å². The number of benzene rings is 2. The molecule has 1 saturated heterocycles. The first-order chi connectivity index (χ1) is 20.8. The summed E-state index contributed by atoms with van der Waals surface area (Å²) in [4.78, 5) is 57.0. The summed E-state index contributed by atoms with van der Waals surface area (Å²) >= 11 is 0. The fourth-order valence-electron chi connectivity index (χ4n) is 5.90. The van der Waals surface area contributed by atoms with Crippen LogP contribution in [0.5, 0.6) is 0 Å². The monoisotopic (exact) mass is 589 g/mol. The van der Waals surface area contributed by atoms with Crippen LogP contribution in [0.25, 0.3) is 11.1 Å². The molecule has 228 valence electrons. The lowest BCUT2D eigenvalue weighted by Crippen LogP contribution is -2.51. The summed E-state index contributed by atoms with van der Waals surface area (Å²) in [5.41, 5.74) is 3.99. The minimum atomic E-state index is -0.566. The van der Waals surface area contributed by atoms with Crippen LogP contribution in [0.2, 0.25) is 0 Å². The molecule has 1 fully saturated rings. The number of aromatic nitrogens is 2. The quantitative estimate of drug-likeness (QED) is 0.303. The Kier molecular flexibility index (Phi) is 9.42. The van der Waals surface area contributed by atoms with Gasteiger partial charge in [0, 0.05) is 44.7 Å². The number of nitrogens with one attached hydrogen (secondary N) is 1. The number of hydrogen-bond acceptors (Lipinski definition) is 6. The Balaban J connectivity index is 1.32. The molecule has 0 radical (unpaired) electrons. The fourth-order valence-corrected chi connectivity index (χ4v) is 5.90. The number of fused-ring (bicyclic) bond motifs is 1. The molecule has 0 atom stereocenters. The summed E-state index contributed by atoms with van der Waals surface area (Å²) in [6.45, 7) is 5.45. The van der Waals surface area contributed by atoms with Gasteiger partial charge in [-0.15, -0.1) is 0 Å². The van der Waals surface area contributed by atoms with Crippen LogP contribution in [0.15, 0.2) is 58.3 Å². The summed E-state index contributed by atoms with van der Waals surface area (Å²) in [6.07, 6.45) is 3.57. The van der Waals surface area contributed by atoms with Gasteiger partial charge in [-0.25, -0.2) is 9.59 Å². The molecular formula is C32H39N5O6. The van der Waals surface area contributed by atoms with Crippen molar-refractivity contribution in [3.8, 4) is 11.1 Å². The first-order valence-corrected chi connectivity index (χ1v) is 14.7. The lowest BCUT2D eigenvalue weighted by atomic mass is 9.99. The maximum Gasteiger partial charge on any atom is 0.331 e. The zero-order chi connectivity index (χ0) is 30.5. The van der Waals surface area contributed by atoms with E-state index in [0.29, 0.717) is 38.0 Å². The van der Waals surface area contributed by atoms with Crippen molar-refractivity contribution in [1.29, 1.82) is 0 Å². The van der Waals surface area contributed by atoms with Crippen molar-refractivity contribution in [3.05, 3.63) is 86.2 Å². The molecule has 43 heavy (non-hydrogen) atoms. The number of ether oxygens (including phenoxy) is 2. The van der Waals surface area contributed by atoms with Crippen molar-refractivity contribution in [2.75, 3.05) is 45.5 Å². The Labute approximate surface area is 250 Å². The van der Waals surface area contributed by atoms with E-state index in [1.165, 1.54) is 17.9 Å². The molecule has 0 saturated carbocycles. The number of likely N-dealkylation sites (tertiary alicyclic amines) is 1. The first-order valence-electron chi connectivity index (χ1n) is 14.7. The van der Waals surface area contributed by atoms with Crippen LogP contribution in [0.3, 0.4) is 0 Å². The Morgan fingerprint density at radius 3 is 2.51 bits per heavy atom. The standard InChI is InChI=1S/C32H39N5O6/c1-22-7-6-9-26(23(22)2)27-19-35(32(41)37(30(27)39)17-18-43-21-42-3)20-29(38)34-14-12-25(13-15-34)36-16-11-24-8-4-5-10-28(24)33-31(36)40/h4-10,19,25H,11-18,20-21H2,1-3H3,(H,33,40). The maximum absolute atomic E-state index is 13.5. The minimum absolute atomic E-state index is 0.0194. The second-order valence-electron chi connectivity index (χ2n) is 11.1. The highest BCUT2D eigenvalue weighted by Gasteiger charge is 2.31. The zero-order valence-corrected chi connectivity index (χ0v) is 25.0. The predicted molar refractivity (Wildman–Crippen MR) is 163 cm³/mol. The van der Waals surface area contributed by atoms with Gasteiger partial charge < -0.3 is 24.6 Å². The number of aryl methyl sites for hydroxylation is 1. The highest BCUT2D eigenvalue weighted by atomic mass is 16.7. The zero-order valence-electron chi connectivity index (χ0n) is 25.0. The first kappa shape index (κ1) is 30.2. The number of urea groups is 1. The van der Waals surface area contributed by atoms with Gasteiger partial charge in [0.2, 0.25) is 5.91 Å². The van der Waals surface area contributed by atoms with Crippen molar-refractivity contribution in [1.82, 2.24) is 18.9 Å². The summed E-state index contributed by atoms with van der Waals surface area (Å²) in [5.74, 6) is -0.207. The third-order valence-corrected chi connectivity index (χ3v) is 8.50. The van der Waals surface area contributed by atoms with Crippen molar-refractivity contribution in [2.24, 2.45) is 0 Å². The highest BCUT2D eigenvalue weighted by Crippen LogP contribution is 2.25. The molecule has 3 aromatic rings. The van der Waals surface area contributed by atoms with Gasteiger partial charge in [-0.3, -0.25) is 18.7 Å². The van der Waals surface area contributed by atoms with E-state index in [2.05, 4.69) is 5.32 Å². The van der Waals surface area contributed by atoms with E-state index in [1.807, 2.05) is 61.2 Å². The van der Waals surface area contributed by atoms with E-state index >= 15 is 0 Å². The van der Waals surface area contributed by atoms with E-state index in [-0.39, 0.29) is 44.5 Å². The van der Waals surface area contributed by atoms with Gasteiger partial charge in [-0.05, 0) is 61.4 Å². The molecule has 11 heteroatoms. The predicted octanol–water partition coefficient (Wildman–Crippen LogP) is 3.00. The number of para-hydroxylation sites is 1. The lowest BCUT2D eigenvalue weighted by Gasteiger charge is -2.38. The minimum Gasteiger partial charge on any atom is -0.359 e. The van der Waals surface area contributed by atoms with Crippen LogP contribution in [-0.2, 0) is 33.8 Å². The Bertz CT molecular complexity index is 1600. The van der Waals surface area contributed by atoms with Crippen LogP contribution in [0, 0.1) is 13.8 Å². The Morgan fingerprint density at radius 1 is 0.977 bits per heavy atom. The number of nitrogens with zero attached hydrogens (tertiary/aromatic N) is 4. The average Bonchev–Trinajstić information content (AvgIpc) is 3.17. The average molecular weight is 590 g/mol. The third kappa shape index (κ3) is 6.57. The third-order valence-electron chi connectivity index (χ3n) is 8.50. The molecule has 1 aromatic heterocycles. The van der Waals surface area contributed by atoms with E-state index in [9.17, 15) is 19.2 Å². The molecule has 2 aliphatic rings. The molecule has 0 bridgehead atoms. The largest absolute Gasteiger partial charge is 0.359 e. The molecule has 11 nitrogen and oxygen atoms in total. The number of carbonyl (C=O) groups is 2. The van der Waals surface area contributed by atoms with Crippen molar-refractivity contribution in [3.63, 3.8) is 0 Å². The van der Waals surface area contributed by atoms with E-state index < -0.39 is 11.2 Å². The van der Waals surface area contributed by atoms with Gasteiger partial charge in [-0.1, -0.05) is 36.4 Å². The lowest BCUT2D eigenvalue weighted by molar-refractivity contribution is -0.133. The molecular weight excluding hydrogens is 550 g/mol. The Morgan fingerprint density at radius 2 is 1.74 bits per heavy atom. The van der Waals surface area contributed by atoms with Crippen molar-refractivity contribution < 1.29 is 19.1 Å². The number of amides is 3. The van der Waals surface area contributed by atoms with Gasteiger partial charge in [0.1, 0.15) is 13.3 Å². The van der Waals surface area contributed by atoms with Crippen molar-refractivity contribution in [2.45, 2.75) is 52.2 Å². The van der Waals surface area contributed by atoms with Gasteiger partial charge >= 0.3 is 11.7 Å². The number of hydrogen-bond donors (Lipinski definition) is 1. The van der Waals surface area contributed by atoms with Crippen LogP contribution in [-0.4, -0.2) is 77.1 Å². The highest BCUT2D eigenvalue weighted by molar-refractivity contribution is 5.91. The summed E-state index contributed by atoms with van der Waals surface area (Å²) < 4.78 is 12.7. The van der Waals surface area contributed by atoms with Gasteiger partial charge in [-0.2, -0.15) is 0 Å². The number of carbonyl (C=O) groups excluding carboxylic acids is 2. The van der Waals surface area contributed by atoms with Gasteiger partial charge in [0.15, 0.2) is 0 Å². The summed E-state index contributed by atoms with van der Waals surface area (Å²) in [5, 5.41) is 3.02. The fraction of sp³-hybridized carbons (Fsp3) is 0.438. The van der Waals surface area contributed by atoms with Crippen LogP contribution in [0.4, 0.5) is 10.5 Å². The molecule has 3 heterocycles. The molecule has 0 unspecified atom stereocenters. The summed E-state index contributed by atoms with van der Waals surface area (Å²) in [6, 6.07) is 13.4. The van der Waals surface area contributed by atoms with E-state index in [4.69, 9.17) is 9.47 Å². The van der Waals surface area contributed by atoms with Crippen molar-refractivity contribution >= 4 is 17.6 Å². The molecule has 1 N–H and O–H groups in total. The SMILES string of the molecule is COCOCCn1c(=O)c(-c2cccc(C)c2C)cn(CC(=O)N2CCC(N3CCc4ccccc4NC3=O)CC2)c1=O. The number of rotatable bonds is 9. The maximum atomic E-state index is 13.5. The van der Waals surface area contributed by atoms with Crippen LogP contribution in [0.1, 0.15) is 29.5 Å². The summed E-state index contributed by atoms with van der Waals surface area (Å²) in [7, 11) is 1.50. The Hall–Kier alpha value is -4.22. The van der Waals surface area contributed by atoms with Gasteiger partial charge in [0.25, 0.3) is 5.56 Å². The molecule has 0 aliphatic carbocycles. The number of piperidine rings is 1. The second kappa shape index (κ2) is 13.4. The number of anilines is 1. The second-order valence-corrected chi connectivity index (χ2v) is 11.1. The molecule has 2 aliphatic heterocycles. The molecule has 0 spiro atoms. The molecule has 3 amide bonds. The molecule has 2 aromatic carbocycles. The van der Waals surface area contributed by atoms with E-state index in [1.54, 1.807) is 4.90 Å². The molecule has 5 rings (SSSR count). The van der Waals surface area contributed by atoms with Gasteiger partial charge in [0.05, 0.1) is 18.7 Å². The van der Waals surface area contributed by atoms with E-state index in [0.717, 1.165) is 38.9 Å². The van der Waals surface area contributed by atoms with Crippen LogP contribution < -0.4 is 16.6 Å². The topological polar surface area (TPSA) is 115 Å².